The van der Waals surface area contributed by atoms with Crippen molar-refractivity contribution in [1.29, 1.82) is 0 Å². The van der Waals surface area contributed by atoms with Crippen molar-refractivity contribution in [2.24, 2.45) is 0 Å². The monoisotopic (exact) mass is 536 g/mol. The van der Waals surface area contributed by atoms with E-state index >= 15 is 0 Å². The van der Waals surface area contributed by atoms with Crippen LogP contribution in [0.1, 0.15) is 60.4 Å². The second kappa shape index (κ2) is 12.4. The van der Waals surface area contributed by atoms with Crippen LogP contribution in [0.4, 0.5) is 5.00 Å². The number of carbonyl (C=O) groups is 2. The molecule has 0 fully saturated rings. The summed E-state index contributed by atoms with van der Waals surface area (Å²) in [6.07, 6.45) is 0.413. The van der Waals surface area contributed by atoms with Gasteiger partial charge in [0.15, 0.2) is 17.1 Å². The van der Waals surface area contributed by atoms with E-state index in [4.69, 9.17) is 21.1 Å². The smallest absolute Gasteiger partial charge is 0.341 e. The Balaban J connectivity index is 1.67. The maximum absolute atomic E-state index is 12.7. The van der Waals surface area contributed by atoms with Gasteiger partial charge >= 0.3 is 5.97 Å². The van der Waals surface area contributed by atoms with Crippen LogP contribution in [0.25, 0.3) is 0 Å². The fourth-order valence-corrected chi connectivity index (χ4v) is 5.39. The number of hydrogen-bond acceptors (Lipinski definition) is 8. The lowest BCUT2D eigenvalue weighted by Crippen LogP contribution is -2.17. The zero-order chi connectivity index (χ0) is 25.5. The first-order chi connectivity index (χ1) is 16.8. The fraction of sp³-hybridized carbons (Fsp3) is 0.417. The molecular weight excluding hydrogens is 508 g/mol. The summed E-state index contributed by atoms with van der Waals surface area (Å²) in [6.45, 7) is 10.5. The Morgan fingerprint density at radius 2 is 2.00 bits per heavy atom. The molecule has 1 aromatic carbocycles. The Labute approximate surface area is 218 Å². The number of aryl methyl sites for hydroxylation is 2. The summed E-state index contributed by atoms with van der Waals surface area (Å²) in [7, 11) is 0. The average Bonchev–Trinajstić information content (AvgIpc) is 3.43. The molecular formula is C24H29ClN4O4S2. The number of nitrogens with zero attached hydrogens (tertiary/aromatic N) is 3. The molecule has 0 bridgehead atoms. The molecule has 1 amide bonds. The van der Waals surface area contributed by atoms with Gasteiger partial charge in [-0.25, -0.2) is 4.79 Å². The van der Waals surface area contributed by atoms with Crippen molar-refractivity contribution in [2.75, 3.05) is 17.7 Å². The largest absolute Gasteiger partial charge is 0.482 e. The lowest BCUT2D eigenvalue weighted by Gasteiger charge is -2.17. The molecule has 0 spiro atoms. The number of amides is 1. The number of nitrogens with one attached hydrogen (secondary N) is 1. The van der Waals surface area contributed by atoms with E-state index in [0.29, 0.717) is 33.1 Å². The van der Waals surface area contributed by atoms with Gasteiger partial charge in [-0.1, -0.05) is 30.3 Å². The number of esters is 1. The zero-order valence-corrected chi connectivity index (χ0v) is 22.8. The minimum atomic E-state index is -0.438. The van der Waals surface area contributed by atoms with Crippen LogP contribution in [0.5, 0.6) is 5.75 Å². The summed E-state index contributed by atoms with van der Waals surface area (Å²) in [6, 6.07) is 7.24. The van der Waals surface area contributed by atoms with Crippen LogP contribution in [0, 0.1) is 6.92 Å². The summed E-state index contributed by atoms with van der Waals surface area (Å²) in [4.78, 5) is 26.0. The van der Waals surface area contributed by atoms with E-state index in [1.54, 1.807) is 19.1 Å². The Morgan fingerprint density at radius 1 is 1.23 bits per heavy atom. The molecule has 2 heterocycles. The van der Waals surface area contributed by atoms with E-state index in [-0.39, 0.29) is 24.4 Å². The van der Waals surface area contributed by atoms with E-state index in [9.17, 15) is 9.59 Å². The predicted octanol–water partition coefficient (Wildman–Crippen LogP) is 5.93. The minimum Gasteiger partial charge on any atom is -0.482 e. The molecule has 0 radical (unpaired) electrons. The quantitative estimate of drug-likeness (QED) is 0.239. The van der Waals surface area contributed by atoms with Gasteiger partial charge in [0.25, 0.3) is 0 Å². The maximum atomic E-state index is 12.7. The Morgan fingerprint density at radius 3 is 2.66 bits per heavy atom. The number of rotatable bonds is 11. The number of anilines is 1. The van der Waals surface area contributed by atoms with Crippen molar-refractivity contribution >= 4 is 51.6 Å². The van der Waals surface area contributed by atoms with Gasteiger partial charge in [-0.15, -0.1) is 21.5 Å². The summed E-state index contributed by atoms with van der Waals surface area (Å²) < 4.78 is 13.2. The molecule has 188 valence electrons. The third kappa shape index (κ3) is 6.77. The molecule has 0 aliphatic rings. The molecule has 1 N–H and O–H groups in total. The topological polar surface area (TPSA) is 95.3 Å². The fourth-order valence-electron chi connectivity index (χ4n) is 3.36. The second-order valence-corrected chi connectivity index (χ2v) is 10.1. The third-order valence-corrected chi connectivity index (χ3v) is 7.47. The van der Waals surface area contributed by atoms with Gasteiger partial charge in [0.05, 0.1) is 17.9 Å². The van der Waals surface area contributed by atoms with Crippen molar-refractivity contribution in [3.8, 4) is 5.75 Å². The van der Waals surface area contributed by atoms with E-state index in [2.05, 4.69) is 15.5 Å². The highest BCUT2D eigenvalue weighted by Gasteiger charge is 2.22. The minimum absolute atomic E-state index is 0.116. The van der Waals surface area contributed by atoms with E-state index in [0.717, 1.165) is 22.6 Å². The first kappa shape index (κ1) is 27.0. The van der Waals surface area contributed by atoms with Crippen LogP contribution in [-0.2, 0) is 22.5 Å². The van der Waals surface area contributed by atoms with Crippen molar-refractivity contribution in [3.05, 3.63) is 51.1 Å². The van der Waals surface area contributed by atoms with E-state index < -0.39 is 5.97 Å². The SMILES string of the molecule is CCOC(=O)c1cc(CC)sc1NC(=O)CSc1nnc(C(C)Oc2ccc(Cl)cc2C)n1CC. The Kier molecular flexibility index (Phi) is 9.59. The average molecular weight is 537 g/mol. The van der Waals surface area contributed by atoms with Crippen molar-refractivity contribution in [2.45, 2.75) is 58.8 Å². The normalized spacial score (nSPS) is 11.8. The van der Waals surface area contributed by atoms with Gasteiger partial charge in [0.1, 0.15) is 10.8 Å². The molecule has 3 rings (SSSR count). The van der Waals surface area contributed by atoms with Gasteiger partial charge in [0.2, 0.25) is 5.91 Å². The number of ether oxygens (including phenoxy) is 2. The Bertz CT molecular complexity index is 1190. The number of halogens is 1. The first-order valence-corrected chi connectivity index (χ1v) is 13.5. The molecule has 11 heteroatoms. The molecule has 2 aromatic heterocycles. The predicted molar refractivity (Wildman–Crippen MR) is 140 cm³/mol. The number of thiophene rings is 1. The number of hydrogen-bond donors (Lipinski definition) is 1. The second-order valence-electron chi connectivity index (χ2n) is 7.62. The molecule has 0 saturated heterocycles. The van der Waals surface area contributed by atoms with Crippen LogP contribution in [0.15, 0.2) is 29.4 Å². The lowest BCUT2D eigenvalue weighted by atomic mass is 10.2. The van der Waals surface area contributed by atoms with Gasteiger partial charge < -0.3 is 19.4 Å². The van der Waals surface area contributed by atoms with Gasteiger partial charge in [-0.2, -0.15) is 0 Å². The van der Waals surface area contributed by atoms with Crippen LogP contribution >= 0.6 is 34.7 Å². The molecule has 0 aliphatic heterocycles. The summed E-state index contributed by atoms with van der Waals surface area (Å²) >= 11 is 8.70. The molecule has 0 aliphatic carbocycles. The summed E-state index contributed by atoms with van der Waals surface area (Å²) in [5.41, 5.74) is 1.31. The van der Waals surface area contributed by atoms with Gasteiger partial charge in [-0.05, 0) is 63.9 Å². The molecule has 35 heavy (non-hydrogen) atoms. The highest BCUT2D eigenvalue weighted by molar-refractivity contribution is 7.99. The van der Waals surface area contributed by atoms with Crippen LogP contribution in [-0.4, -0.2) is 39.0 Å². The van der Waals surface area contributed by atoms with Gasteiger partial charge in [0, 0.05) is 16.4 Å². The number of carbonyl (C=O) groups excluding carboxylic acids is 2. The maximum Gasteiger partial charge on any atom is 0.341 e. The first-order valence-electron chi connectivity index (χ1n) is 11.4. The highest BCUT2D eigenvalue weighted by atomic mass is 35.5. The molecule has 0 saturated carbocycles. The van der Waals surface area contributed by atoms with E-state index in [1.807, 2.05) is 44.4 Å². The Hall–Kier alpha value is -2.56. The van der Waals surface area contributed by atoms with Gasteiger partial charge in [-0.3, -0.25) is 4.79 Å². The van der Waals surface area contributed by atoms with E-state index in [1.165, 1.54) is 23.1 Å². The number of thioether (sulfide) groups is 1. The van der Waals surface area contributed by atoms with Crippen LogP contribution in [0.3, 0.4) is 0 Å². The molecule has 8 nitrogen and oxygen atoms in total. The summed E-state index contributed by atoms with van der Waals surface area (Å²) in [5.74, 6) is 0.830. The molecule has 1 atom stereocenters. The zero-order valence-electron chi connectivity index (χ0n) is 20.4. The molecule has 3 aromatic rings. The lowest BCUT2D eigenvalue weighted by molar-refractivity contribution is -0.113. The van der Waals surface area contributed by atoms with Crippen molar-refractivity contribution in [3.63, 3.8) is 0 Å². The van der Waals surface area contributed by atoms with Crippen LogP contribution in [0.2, 0.25) is 5.02 Å². The standard InChI is InChI=1S/C24H29ClN4O4S2/c1-6-17-12-18(23(31)32-8-3)22(35-17)26-20(30)13-34-24-28-27-21(29(24)7-2)15(5)33-19-10-9-16(25)11-14(19)4/h9-12,15H,6-8,13H2,1-5H3,(H,26,30). The molecule has 1 unspecified atom stereocenters. The third-order valence-electron chi connectivity index (χ3n) is 5.08. The highest BCUT2D eigenvalue weighted by Crippen LogP contribution is 2.31. The summed E-state index contributed by atoms with van der Waals surface area (Å²) in [5, 5.41) is 13.2. The number of aromatic nitrogens is 3. The number of benzene rings is 1. The van der Waals surface area contributed by atoms with Crippen molar-refractivity contribution in [1.82, 2.24) is 14.8 Å². The van der Waals surface area contributed by atoms with Crippen LogP contribution < -0.4 is 10.1 Å². The van der Waals surface area contributed by atoms with Crippen molar-refractivity contribution < 1.29 is 19.1 Å².